The predicted octanol–water partition coefficient (Wildman–Crippen LogP) is 4.62. The Bertz CT molecular complexity index is 1250. The van der Waals surface area contributed by atoms with Crippen LogP contribution in [0.3, 0.4) is 0 Å². The molecule has 37 heavy (non-hydrogen) atoms. The minimum absolute atomic E-state index is 0.154. The Balaban J connectivity index is 1.69. The highest BCUT2D eigenvalue weighted by Gasteiger charge is 2.31. The van der Waals surface area contributed by atoms with Gasteiger partial charge >= 0.3 is 0 Å². The number of benzene rings is 3. The third kappa shape index (κ3) is 5.89. The zero-order chi connectivity index (χ0) is 26.5. The minimum atomic E-state index is -0.404. The lowest BCUT2D eigenvalue weighted by molar-refractivity contribution is -0.0209. The fraction of sp³-hybridized carbons (Fsp3) is 0.333. The highest BCUT2D eigenvalue weighted by atomic mass is 19.1. The second-order valence-corrected chi connectivity index (χ2v) is 9.71. The van der Waals surface area contributed by atoms with Gasteiger partial charge in [-0.2, -0.15) is 0 Å². The lowest BCUT2D eigenvalue weighted by atomic mass is 9.94. The molecule has 6 nitrogen and oxygen atoms in total. The number of hydrogen-bond acceptors (Lipinski definition) is 4. The number of likely N-dealkylation sites (N-methyl/N-ethyl adjacent to an activating group) is 1. The van der Waals surface area contributed by atoms with E-state index in [9.17, 15) is 19.1 Å². The first-order chi connectivity index (χ1) is 17.8. The zero-order valence-electron chi connectivity index (χ0n) is 21.4. The fourth-order valence-corrected chi connectivity index (χ4v) is 4.72. The molecule has 0 bridgehead atoms. The average molecular weight is 505 g/mol. The Morgan fingerprint density at radius 1 is 1.05 bits per heavy atom. The van der Waals surface area contributed by atoms with E-state index in [0.29, 0.717) is 24.3 Å². The largest absolute Gasteiger partial charge is 0.394 e. The van der Waals surface area contributed by atoms with E-state index < -0.39 is 18.0 Å². The Morgan fingerprint density at radius 2 is 1.68 bits per heavy atom. The molecule has 0 spiro atoms. The van der Waals surface area contributed by atoms with Crippen molar-refractivity contribution >= 4 is 11.8 Å². The number of aliphatic hydroxyl groups is 1. The summed E-state index contributed by atoms with van der Waals surface area (Å²) >= 11 is 0. The number of halogens is 1. The van der Waals surface area contributed by atoms with Crippen molar-refractivity contribution in [2.75, 3.05) is 26.7 Å². The summed E-state index contributed by atoms with van der Waals surface area (Å²) < 4.78 is 19.8. The van der Waals surface area contributed by atoms with Crippen LogP contribution in [0.2, 0.25) is 0 Å². The SMILES string of the molecule is C[C@@H]1CN([C@H](C)CO)C(=O)c2ccccc2-c2ccccc2CO[C@H]1CN(C)C(=O)c1ccc(F)cc1. The van der Waals surface area contributed by atoms with Gasteiger partial charge in [-0.05, 0) is 53.9 Å². The topological polar surface area (TPSA) is 70.1 Å². The molecule has 0 radical (unpaired) electrons. The number of carbonyl (C=O) groups is 2. The average Bonchev–Trinajstić information content (AvgIpc) is 2.94. The molecule has 1 aliphatic rings. The Morgan fingerprint density at radius 3 is 2.35 bits per heavy atom. The van der Waals surface area contributed by atoms with Crippen LogP contribution in [0.1, 0.15) is 40.1 Å². The van der Waals surface area contributed by atoms with Crippen LogP contribution in [0.4, 0.5) is 4.39 Å². The van der Waals surface area contributed by atoms with Gasteiger partial charge in [-0.1, -0.05) is 49.4 Å². The second kappa shape index (κ2) is 11.7. The summed E-state index contributed by atoms with van der Waals surface area (Å²) in [7, 11) is 1.69. The quantitative estimate of drug-likeness (QED) is 0.551. The standard InChI is InChI=1S/C30H33FN2O4/c1-20-16-33(21(2)18-34)30(36)27-11-7-6-10-26(27)25-9-5-4-8-23(25)19-37-28(20)17-32(3)29(35)22-12-14-24(31)15-13-22/h4-15,20-21,28,34H,16-19H2,1-3H3/t20-,21-,28+/m1/s1. The third-order valence-corrected chi connectivity index (χ3v) is 6.99. The van der Waals surface area contributed by atoms with Crippen LogP contribution in [0.25, 0.3) is 11.1 Å². The van der Waals surface area contributed by atoms with E-state index in [1.165, 1.54) is 24.3 Å². The van der Waals surface area contributed by atoms with E-state index >= 15 is 0 Å². The molecule has 0 aliphatic carbocycles. The van der Waals surface area contributed by atoms with E-state index in [-0.39, 0.29) is 30.9 Å². The van der Waals surface area contributed by atoms with Crippen LogP contribution in [0.5, 0.6) is 0 Å². The first kappa shape index (κ1) is 26.5. The van der Waals surface area contributed by atoms with Crippen LogP contribution in [-0.4, -0.2) is 65.6 Å². The summed E-state index contributed by atoms with van der Waals surface area (Å²) in [6, 6.07) is 20.4. The monoisotopic (exact) mass is 504 g/mol. The zero-order valence-corrected chi connectivity index (χ0v) is 21.4. The van der Waals surface area contributed by atoms with Crippen LogP contribution < -0.4 is 0 Å². The number of amides is 2. The molecule has 0 saturated carbocycles. The maximum absolute atomic E-state index is 13.9. The Labute approximate surface area is 217 Å². The summed E-state index contributed by atoms with van der Waals surface area (Å²) in [4.78, 5) is 30.1. The van der Waals surface area contributed by atoms with E-state index in [2.05, 4.69) is 0 Å². The molecule has 3 aromatic rings. The Hall–Kier alpha value is -3.55. The molecule has 0 aromatic heterocycles. The number of rotatable bonds is 5. The van der Waals surface area contributed by atoms with Gasteiger partial charge in [-0.3, -0.25) is 9.59 Å². The van der Waals surface area contributed by atoms with Crippen molar-refractivity contribution in [1.82, 2.24) is 9.80 Å². The summed E-state index contributed by atoms with van der Waals surface area (Å²) in [6.45, 7) is 4.56. The van der Waals surface area contributed by atoms with Crippen LogP contribution >= 0.6 is 0 Å². The molecule has 0 fully saturated rings. The van der Waals surface area contributed by atoms with E-state index in [4.69, 9.17) is 4.74 Å². The molecule has 1 aliphatic heterocycles. The number of ether oxygens (including phenoxy) is 1. The number of hydrogen-bond donors (Lipinski definition) is 1. The predicted molar refractivity (Wildman–Crippen MR) is 141 cm³/mol. The van der Waals surface area contributed by atoms with E-state index in [1.54, 1.807) is 16.8 Å². The molecule has 1 N–H and O–H groups in total. The van der Waals surface area contributed by atoms with Gasteiger partial charge in [-0.25, -0.2) is 4.39 Å². The molecule has 0 unspecified atom stereocenters. The van der Waals surface area contributed by atoms with Crippen LogP contribution in [0.15, 0.2) is 72.8 Å². The molecule has 7 heteroatoms. The molecule has 3 aromatic carbocycles. The molecule has 194 valence electrons. The van der Waals surface area contributed by atoms with Crippen molar-refractivity contribution in [2.45, 2.75) is 32.6 Å². The Kier molecular flexibility index (Phi) is 8.36. The summed E-state index contributed by atoms with van der Waals surface area (Å²) in [5.74, 6) is -0.953. The van der Waals surface area contributed by atoms with Gasteiger partial charge in [-0.15, -0.1) is 0 Å². The molecule has 3 atom stereocenters. The third-order valence-electron chi connectivity index (χ3n) is 6.99. The van der Waals surface area contributed by atoms with Crippen molar-refractivity contribution in [3.8, 4) is 11.1 Å². The van der Waals surface area contributed by atoms with Gasteiger partial charge in [0.15, 0.2) is 0 Å². The van der Waals surface area contributed by atoms with Gasteiger partial charge < -0.3 is 19.6 Å². The normalized spacial score (nSPS) is 18.8. The number of fused-ring (bicyclic) bond motifs is 3. The number of nitrogens with zero attached hydrogens (tertiary/aromatic N) is 2. The van der Waals surface area contributed by atoms with Gasteiger partial charge in [0.2, 0.25) is 0 Å². The summed E-state index contributed by atoms with van der Waals surface area (Å²) in [6.07, 6.45) is -0.398. The van der Waals surface area contributed by atoms with Crippen LogP contribution in [0, 0.1) is 11.7 Å². The fourth-order valence-electron chi connectivity index (χ4n) is 4.72. The first-order valence-electron chi connectivity index (χ1n) is 12.5. The molecule has 4 rings (SSSR count). The molecular weight excluding hydrogens is 471 g/mol. The number of carbonyl (C=O) groups excluding carboxylic acids is 2. The first-order valence-corrected chi connectivity index (χ1v) is 12.5. The molecular formula is C30H33FN2O4. The number of aliphatic hydroxyl groups excluding tert-OH is 1. The van der Waals surface area contributed by atoms with Crippen molar-refractivity contribution in [3.05, 3.63) is 95.3 Å². The maximum atomic E-state index is 13.9. The lowest BCUT2D eigenvalue weighted by Crippen LogP contribution is -2.47. The van der Waals surface area contributed by atoms with Gasteiger partial charge in [0, 0.05) is 37.2 Å². The highest BCUT2D eigenvalue weighted by molar-refractivity contribution is 6.01. The van der Waals surface area contributed by atoms with E-state index in [1.807, 2.05) is 62.4 Å². The molecule has 2 amide bonds. The smallest absolute Gasteiger partial charge is 0.254 e. The van der Waals surface area contributed by atoms with Crippen molar-refractivity contribution in [3.63, 3.8) is 0 Å². The van der Waals surface area contributed by atoms with Gasteiger partial charge in [0.25, 0.3) is 11.8 Å². The van der Waals surface area contributed by atoms with Crippen molar-refractivity contribution in [1.29, 1.82) is 0 Å². The summed E-state index contributed by atoms with van der Waals surface area (Å²) in [5.41, 5.74) is 3.63. The lowest BCUT2D eigenvalue weighted by Gasteiger charge is -2.35. The highest BCUT2D eigenvalue weighted by Crippen LogP contribution is 2.31. The molecule has 0 saturated heterocycles. The van der Waals surface area contributed by atoms with Crippen molar-refractivity contribution < 1.29 is 23.8 Å². The second-order valence-electron chi connectivity index (χ2n) is 9.71. The molecule has 1 heterocycles. The van der Waals surface area contributed by atoms with Crippen molar-refractivity contribution in [2.24, 2.45) is 5.92 Å². The van der Waals surface area contributed by atoms with E-state index in [0.717, 1.165) is 16.7 Å². The maximum Gasteiger partial charge on any atom is 0.254 e. The van der Waals surface area contributed by atoms with Gasteiger partial charge in [0.1, 0.15) is 5.82 Å². The van der Waals surface area contributed by atoms with Gasteiger partial charge in [0.05, 0.1) is 25.4 Å². The minimum Gasteiger partial charge on any atom is -0.394 e. The van der Waals surface area contributed by atoms with Crippen LogP contribution in [-0.2, 0) is 11.3 Å². The summed E-state index contributed by atoms with van der Waals surface area (Å²) in [5, 5.41) is 9.97.